The van der Waals surface area contributed by atoms with Crippen LogP contribution in [0.25, 0.3) is 0 Å². The number of rotatable bonds is 3. The molecular formula is C11H12INO5. The van der Waals surface area contributed by atoms with Crippen LogP contribution < -0.4 is 9.47 Å². The maximum absolute atomic E-state index is 11.1. The van der Waals surface area contributed by atoms with E-state index in [-0.39, 0.29) is 15.0 Å². The third-order valence-electron chi connectivity index (χ3n) is 2.50. The lowest BCUT2D eigenvalue weighted by molar-refractivity contribution is -0.386. The predicted molar refractivity (Wildman–Crippen MR) is 73.1 cm³/mol. The zero-order valence-electron chi connectivity index (χ0n) is 10.4. The van der Waals surface area contributed by atoms with Gasteiger partial charge in [0.25, 0.3) is 5.69 Å². The summed E-state index contributed by atoms with van der Waals surface area (Å²) in [6, 6.07) is 0. The molecule has 0 aliphatic carbocycles. The van der Waals surface area contributed by atoms with Crippen LogP contribution in [0.4, 0.5) is 5.69 Å². The normalized spacial score (nSPS) is 10.1. The molecule has 7 heteroatoms. The third-order valence-corrected chi connectivity index (χ3v) is 3.51. The molecule has 0 spiro atoms. The van der Waals surface area contributed by atoms with Crippen molar-refractivity contribution in [3.05, 3.63) is 24.8 Å². The summed E-state index contributed by atoms with van der Waals surface area (Å²) < 4.78 is 10.4. The number of nitro benzene ring substituents is 1. The van der Waals surface area contributed by atoms with Gasteiger partial charge in [0, 0.05) is 18.1 Å². The standard InChI is InChI=1S/C11H12INO5/c1-5-6(2)10(17-4)11(18-7(3)14)8(12)9(5)13(15)16/h1-4H3. The first-order valence-electron chi connectivity index (χ1n) is 5.00. The van der Waals surface area contributed by atoms with E-state index in [4.69, 9.17) is 9.47 Å². The van der Waals surface area contributed by atoms with Gasteiger partial charge in [-0.25, -0.2) is 0 Å². The van der Waals surface area contributed by atoms with Crippen molar-refractivity contribution in [2.45, 2.75) is 20.8 Å². The zero-order valence-corrected chi connectivity index (χ0v) is 12.5. The fourth-order valence-electron chi connectivity index (χ4n) is 1.59. The van der Waals surface area contributed by atoms with E-state index >= 15 is 0 Å². The van der Waals surface area contributed by atoms with Gasteiger partial charge in [0.1, 0.15) is 3.57 Å². The molecule has 0 aromatic heterocycles. The second-order valence-electron chi connectivity index (χ2n) is 3.63. The van der Waals surface area contributed by atoms with Crippen LogP contribution in [0.1, 0.15) is 18.1 Å². The van der Waals surface area contributed by atoms with Gasteiger partial charge in [0.15, 0.2) is 11.5 Å². The third kappa shape index (κ3) is 2.55. The largest absolute Gasteiger partial charge is 0.492 e. The Balaban J connectivity index is 3.66. The number of methoxy groups -OCH3 is 1. The summed E-state index contributed by atoms with van der Waals surface area (Å²) in [5.74, 6) is -0.109. The Kier molecular flexibility index (Phi) is 4.49. The molecule has 0 unspecified atom stereocenters. The van der Waals surface area contributed by atoms with E-state index in [0.29, 0.717) is 16.9 Å². The van der Waals surface area contributed by atoms with E-state index in [0.717, 1.165) is 0 Å². The van der Waals surface area contributed by atoms with Gasteiger partial charge in [-0.1, -0.05) is 0 Å². The number of nitrogens with zero attached hydrogens (tertiary/aromatic N) is 1. The highest BCUT2D eigenvalue weighted by Gasteiger charge is 2.28. The highest BCUT2D eigenvalue weighted by molar-refractivity contribution is 14.1. The van der Waals surface area contributed by atoms with Crippen LogP contribution in [0.2, 0.25) is 0 Å². The summed E-state index contributed by atoms with van der Waals surface area (Å²) in [7, 11) is 1.43. The summed E-state index contributed by atoms with van der Waals surface area (Å²) in [4.78, 5) is 21.6. The molecular weight excluding hydrogens is 353 g/mol. The Hall–Kier alpha value is -1.38. The minimum absolute atomic E-state index is 0.0647. The van der Waals surface area contributed by atoms with Crippen LogP contribution in [-0.4, -0.2) is 18.0 Å². The molecule has 0 saturated carbocycles. The molecule has 0 atom stereocenters. The monoisotopic (exact) mass is 365 g/mol. The molecule has 0 saturated heterocycles. The van der Waals surface area contributed by atoms with Crippen molar-refractivity contribution in [3.8, 4) is 11.5 Å². The number of carbonyl (C=O) groups is 1. The van der Waals surface area contributed by atoms with E-state index in [2.05, 4.69) is 0 Å². The molecule has 18 heavy (non-hydrogen) atoms. The first kappa shape index (κ1) is 14.7. The van der Waals surface area contributed by atoms with Crippen molar-refractivity contribution in [2.75, 3.05) is 7.11 Å². The molecule has 1 aromatic carbocycles. The topological polar surface area (TPSA) is 78.7 Å². The number of benzene rings is 1. The summed E-state index contributed by atoms with van der Waals surface area (Å²) in [5, 5.41) is 11.1. The lowest BCUT2D eigenvalue weighted by atomic mass is 10.1. The van der Waals surface area contributed by atoms with Crippen LogP contribution in [0.3, 0.4) is 0 Å². The molecule has 6 nitrogen and oxygen atoms in total. The van der Waals surface area contributed by atoms with Crippen molar-refractivity contribution >= 4 is 34.2 Å². The second-order valence-corrected chi connectivity index (χ2v) is 4.70. The lowest BCUT2D eigenvalue weighted by Crippen LogP contribution is -2.08. The Bertz CT molecular complexity index is 527. The van der Waals surface area contributed by atoms with E-state index < -0.39 is 10.9 Å². The first-order valence-corrected chi connectivity index (χ1v) is 6.08. The van der Waals surface area contributed by atoms with E-state index in [1.165, 1.54) is 14.0 Å². The summed E-state index contributed by atoms with van der Waals surface area (Å²) in [6.07, 6.45) is 0. The quantitative estimate of drug-likeness (QED) is 0.271. The molecule has 1 aromatic rings. The van der Waals surface area contributed by atoms with Crippen LogP contribution in [-0.2, 0) is 4.79 Å². The van der Waals surface area contributed by atoms with Crippen molar-refractivity contribution in [1.29, 1.82) is 0 Å². The molecule has 0 heterocycles. The molecule has 0 bridgehead atoms. The number of nitro groups is 1. The Labute approximate surface area is 118 Å². The van der Waals surface area contributed by atoms with Gasteiger partial charge >= 0.3 is 5.97 Å². The van der Waals surface area contributed by atoms with Crippen LogP contribution in [0.15, 0.2) is 0 Å². The molecule has 0 aliphatic heterocycles. The Morgan fingerprint density at radius 2 is 1.83 bits per heavy atom. The van der Waals surface area contributed by atoms with E-state index in [1.807, 2.05) is 0 Å². The SMILES string of the molecule is COc1c(C)c(C)c([N+](=O)[O-])c(I)c1OC(C)=O. The summed E-state index contributed by atoms with van der Waals surface area (Å²) in [6.45, 7) is 4.55. The van der Waals surface area contributed by atoms with Crippen LogP contribution in [0.5, 0.6) is 11.5 Å². The van der Waals surface area contributed by atoms with Crippen molar-refractivity contribution in [1.82, 2.24) is 0 Å². The van der Waals surface area contributed by atoms with Crippen LogP contribution >= 0.6 is 22.6 Å². The van der Waals surface area contributed by atoms with Gasteiger partial charge in [-0.2, -0.15) is 0 Å². The molecule has 0 fully saturated rings. The lowest BCUT2D eigenvalue weighted by Gasteiger charge is -2.15. The Morgan fingerprint density at radius 1 is 1.28 bits per heavy atom. The minimum atomic E-state index is -0.552. The van der Waals surface area contributed by atoms with Gasteiger partial charge in [0.2, 0.25) is 0 Å². The average molecular weight is 365 g/mol. The number of carbonyl (C=O) groups excluding carboxylic acids is 1. The highest BCUT2D eigenvalue weighted by atomic mass is 127. The van der Waals surface area contributed by atoms with E-state index in [1.54, 1.807) is 36.4 Å². The number of hydrogen-bond acceptors (Lipinski definition) is 5. The molecule has 0 aliphatic rings. The van der Waals surface area contributed by atoms with Crippen molar-refractivity contribution < 1.29 is 19.2 Å². The molecule has 1 rings (SSSR count). The minimum Gasteiger partial charge on any atom is -0.492 e. The number of esters is 1. The zero-order chi connectivity index (χ0) is 14.0. The fraction of sp³-hybridized carbons (Fsp3) is 0.364. The van der Waals surface area contributed by atoms with Gasteiger partial charge < -0.3 is 9.47 Å². The predicted octanol–water partition coefficient (Wildman–Crippen LogP) is 2.75. The van der Waals surface area contributed by atoms with Gasteiger partial charge in [-0.3, -0.25) is 14.9 Å². The molecule has 0 radical (unpaired) electrons. The van der Waals surface area contributed by atoms with Crippen LogP contribution in [0, 0.1) is 27.5 Å². The fourth-order valence-corrected chi connectivity index (χ4v) is 2.54. The number of hydrogen-bond donors (Lipinski definition) is 0. The summed E-state index contributed by atoms with van der Waals surface area (Å²) in [5.41, 5.74) is 1.02. The Morgan fingerprint density at radius 3 is 2.22 bits per heavy atom. The first-order chi connectivity index (χ1) is 8.31. The summed E-state index contributed by atoms with van der Waals surface area (Å²) >= 11 is 1.78. The average Bonchev–Trinajstić information content (AvgIpc) is 2.25. The van der Waals surface area contributed by atoms with Gasteiger partial charge in [0.05, 0.1) is 12.0 Å². The second kappa shape index (κ2) is 5.51. The van der Waals surface area contributed by atoms with Gasteiger partial charge in [-0.05, 0) is 36.4 Å². The smallest absolute Gasteiger partial charge is 0.308 e. The highest BCUT2D eigenvalue weighted by Crippen LogP contribution is 2.43. The molecule has 0 N–H and O–H groups in total. The van der Waals surface area contributed by atoms with E-state index in [9.17, 15) is 14.9 Å². The maximum Gasteiger partial charge on any atom is 0.308 e. The number of ether oxygens (including phenoxy) is 2. The molecule has 98 valence electrons. The maximum atomic E-state index is 11.1. The molecule has 0 amide bonds. The van der Waals surface area contributed by atoms with Gasteiger partial charge in [-0.15, -0.1) is 0 Å². The van der Waals surface area contributed by atoms with Crippen molar-refractivity contribution in [2.24, 2.45) is 0 Å². The van der Waals surface area contributed by atoms with Crippen molar-refractivity contribution in [3.63, 3.8) is 0 Å². The number of halogens is 1.